The summed E-state index contributed by atoms with van der Waals surface area (Å²) >= 11 is 0. The van der Waals surface area contributed by atoms with Crippen molar-refractivity contribution in [3.05, 3.63) is 0 Å². The number of fused-ring (bicyclic) bond motifs is 1. The predicted molar refractivity (Wildman–Crippen MR) is 28.9 cm³/mol. The van der Waals surface area contributed by atoms with Crippen molar-refractivity contribution < 1.29 is 4.84 Å². The largest absolute Gasteiger partial charge is 0.316 e. The van der Waals surface area contributed by atoms with Crippen LogP contribution in [0.5, 0.6) is 0 Å². The Balaban J connectivity index is 1.94. The number of rotatable bonds is 1. The highest BCUT2D eigenvalue weighted by atomic mass is 16.6. The molecule has 1 saturated heterocycles. The van der Waals surface area contributed by atoms with Gasteiger partial charge in [0.2, 0.25) is 0 Å². The molecule has 2 aliphatic rings. The van der Waals surface area contributed by atoms with Crippen LogP contribution in [0.3, 0.4) is 0 Å². The fourth-order valence-electron chi connectivity index (χ4n) is 1.56. The summed E-state index contributed by atoms with van der Waals surface area (Å²) in [6.45, 7) is 2.21. The first-order chi connectivity index (χ1) is 3.93. The Kier molecular flexibility index (Phi) is 0.848. The highest BCUT2D eigenvalue weighted by molar-refractivity contribution is 5.05. The van der Waals surface area contributed by atoms with Gasteiger partial charge < -0.3 is 10.2 Å². The SMILES string of the molecule is NOC1C2CNCC21. The van der Waals surface area contributed by atoms with Gasteiger partial charge in [0.15, 0.2) is 0 Å². The Labute approximate surface area is 48.1 Å². The minimum absolute atomic E-state index is 0.385. The lowest BCUT2D eigenvalue weighted by Crippen LogP contribution is -2.20. The summed E-state index contributed by atoms with van der Waals surface area (Å²) < 4.78 is 0. The molecule has 0 aromatic heterocycles. The van der Waals surface area contributed by atoms with Crippen LogP contribution < -0.4 is 11.2 Å². The molecule has 1 aliphatic heterocycles. The molecule has 0 spiro atoms. The maximum atomic E-state index is 5.00. The van der Waals surface area contributed by atoms with Crippen molar-refractivity contribution in [3.63, 3.8) is 0 Å². The van der Waals surface area contributed by atoms with Gasteiger partial charge in [-0.25, -0.2) is 5.90 Å². The topological polar surface area (TPSA) is 47.3 Å². The maximum absolute atomic E-state index is 5.00. The summed E-state index contributed by atoms with van der Waals surface area (Å²) in [5, 5.41) is 3.25. The van der Waals surface area contributed by atoms with Crippen LogP contribution in [-0.4, -0.2) is 19.2 Å². The third kappa shape index (κ3) is 0.438. The smallest absolute Gasteiger partial charge is 0.0875 e. The van der Waals surface area contributed by atoms with Gasteiger partial charge in [-0.1, -0.05) is 0 Å². The Morgan fingerprint density at radius 1 is 1.38 bits per heavy atom. The molecule has 1 saturated carbocycles. The standard InChI is InChI=1S/C5H10N2O/c6-8-5-3-1-7-2-4(3)5/h3-5,7H,1-2,6H2. The lowest BCUT2D eigenvalue weighted by Gasteiger charge is -1.98. The molecule has 8 heavy (non-hydrogen) atoms. The zero-order chi connectivity index (χ0) is 5.56. The van der Waals surface area contributed by atoms with E-state index in [-0.39, 0.29) is 0 Å². The molecule has 2 rings (SSSR count). The third-order valence-corrected chi connectivity index (χ3v) is 2.17. The van der Waals surface area contributed by atoms with Gasteiger partial charge in [0, 0.05) is 24.9 Å². The zero-order valence-electron chi connectivity index (χ0n) is 4.63. The molecule has 2 unspecified atom stereocenters. The van der Waals surface area contributed by atoms with Crippen LogP contribution in [-0.2, 0) is 4.84 Å². The van der Waals surface area contributed by atoms with Gasteiger partial charge in [0.05, 0.1) is 6.10 Å². The lowest BCUT2D eigenvalue weighted by atomic mass is 10.4. The molecule has 3 N–H and O–H groups in total. The first-order valence-corrected chi connectivity index (χ1v) is 3.00. The fraction of sp³-hybridized carbons (Fsp3) is 1.00. The molecule has 3 nitrogen and oxygen atoms in total. The van der Waals surface area contributed by atoms with Gasteiger partial charge in [-0.2, -0.15) is 0 Å². The van der Waals surface area contributed by atoms with Gasteiger partial charge in [-0.3, -0.25) is 0 Å². The van der Waals surface area contributed by atoms with Crippen LogP contribution in [0.25, 0.3) is 0 Å². The Bertz CT molecular complexity index is 89.8. The molecule has 2 fully saturated rings. The number of piperidine rings is 1. The molecular formula is C5H10N2O. The van der Waals surface area contributed by atoms with Gasteiger partial charge in [0.1, 0.15) is 0 Å². The van der Waals surface area contributed by atoms with Crippen molar-refractivity contribution in [1.29, 1.82) is 0 Å². The molecule has 1 heterocycles. The highest BCUT2D eigenvalue weighted by Crippen LogP contribution is 2.43. The van der Waals surface area contributed by atoms with Crippen LogP contribution in [0.15, 0.2) is 0 Å². The minimum atomic E-state index is 0.385. The van der Waals surface area contributed by atoms with Gasteiger partial charge in [-0.05, 0) is 0 Å². The lowest BCUT2D eigenvalue weighted by molar-refractivity contribution is 0.0984. The van der Waals surface area contributed by atoms with E-state index < -0.39 is 0 Å². The van der Waals surface area contributed by atoms with E-state index in [1.54, 1.807) is 0 Å². The number of hydrogen-bond acceptors (Lipinski definition) is 3. The quantitative estimate of drug-likeness (QED) is 0.434. The van der Waals surface area contributed by atoms with E-state index in [2.05, 4.69) is 10.2 Å². The minimum Gasteiger partial charge on any atom is -0.316 e. The summed E-state index contributed by atoms with van der Waals surface area (Å²) in [4.78, 5) is 4.69. The first-order valence-electron chi connectivity index (χ1n) is 3.00. The number of hydrogen-bond donors (Lipinski definition) is 2. The van der Waals surface area contributed by atoms with Crippen molar-refractivity contribution in [2.45, 2.75) is 6.10 Å². The Morgan fingerprint density at radius 2 is 2.00 bits per heavy atom. The van der Waals surface area contributed by atoms with E-state index >= 15 is 0 Å². The van der Waals surface area contributed by atoms with E-state index in [4.69, 9.17) is 5.90 Å². The van der Waals surface area contributed by atoms with Crippen molar-refractivity contribution in [3.8, 4) is 0 Å². The van der Waals surface area contributed by atoms with Crippen LogP contribution in [0.2, 0.25) is 0 Å². The number of nitrogens with two attached hydrogens (primary N) is 1. The molecule has 2 atom stereocenters. The average molecular weight is 114 g/mol. The second kappa shape index (κ2) is 1.43. The molecule has 0 aromatic carbocycles. The Hall–Kier alpha value is -0.120. The van der Waals surface area contributed by atoms with Crippen LogP contribution in [0.1, 0.15) is 0 Å². The monoisotopic (exact) mass is 114 g/mol. The second-order valence-corrected chi connectivity index (χ2v) is 2.59. The summed E-state index contributed by atoms with van der Waals surface area (Å²) in [5.41, 5.74) is 0. The van der Waals surface area contributed by atoms with Crippen molar-refractivity contribution in [2.24, 2.45) is 17.7 Å². The molecule has 46 valence electrons. The van der Waals surface area contributed by atoms with Crippen LogP contribution in [0.4, 0.5) is 0 Å². The summed E-state index contributed by atoms with van der Waals surface area (Å²) in [7, 11) is 0. The van der Waals surface area contributed by atoms with Gasteiger partial charge in [-0.15, -0.1) is 0 Å². The first kappa shape index (κ1) is 4.73. The van der Waals surface area contributed by atoms with Crippen LogP contribution >= 0.6 is 0 Å². The van der Waals surface area contributed by atoms with E-state index in [1.165, 1.54) is 0 Å². The summed E-state index contributed by atoms with van der Waals surface area (Å²) in [6, 6.07) is 0. The normalized spacial score (nSPS) is 51.4. The predicted octanol–water partition coefficient (Wildman–Crippen LogP) is -0.906. The van der Waals surface area contributed by atoms with E-state index in [0.717, 1.165) is 24.9 Å². The number of nitrogens with one attached hydrogen (secondary N) is 1. The van der Waals surface area contributed by atoms with Crippen molar-refractivity contribution >= 4 is 0 Å². The highest BCUT2D eigenvalue weighted by Gasteiger charge is 2.54. The van der Waals surface area contributed by atoms with Crippen molar-refractivity contribution in [2.75, 3.05) is 13.1 Å². The summed E-state index contributed by atoms with van der Waals surface area (Å²) in [5.74, 6) is 6.47. The van der Waals surface area contributed by atoms with E-state index in [9.17, 15) is 0 Å². The van der Waals surface area contributed by atoms with E-state index in [1.807, 2.05) is 0 Å². The molecule has 0 aromatic rings. The zero-order valence-corrected chi connectivity index (χ0v) is 4.63. The maximum Gasteiger partial charge on any atom is 0.0875 e. The second-order valence-electron chi connectivity index (χ2n) is 2.59. The molecule has 1 aliphatic carbocycles. The van der Waals surface area contributed by atoms with E-state index in [0.29, 0.717) is 6.10 Å². The molecule has 0 amide bonds. The third-order valence-electron chi connectivity index (χ3n) is 2.17. The van der Waals surface area contributed by atoms with Gasteiger partial charge in [0.25, 0.3) is 0 Å². The molecule has 3 heteroatoms. The summed E-state index contributed by atoms with van der Waals surface area (Å²) in [6.07, 6.45) is 0.385. The molecular weight excluding hydrogens is 104 g/mol. The fourth-order valence-corrected chi connectivity index (χ4v) is 1.56. The molecule has 0 radical (unpaired) electrons. The van der Waals surface area contributed by atoms with Crippen molar-refractivity contribution in [1.82, 2.24) is 5.32 Å². The van der Waals surface area contributed by atoms with Gasteiger partial charge >= 0.3 is 0 Å². The van der Waals surface area contributed by atoms with Crippen LogP contribution in [0, 0.1) is 11.8 Å². The average Bonchev–Trinajstić information content (AvgIpc) is 2.22. The Morgan fingerprint density at radius 3 is 2.38 bits per heavy atom. The molecule has 0 bridgehead atoms.